The van der Waals surface area contributed by atoms with Gasteiger partial charge in [-0.25, -0.2) is 4.79 Å². The fourth-order valence-electron chi connectivity index (χ4n) is 1.76. The van der Waals surface area contributed by atoms with E-state index in [2.05, 4.69) is 29.3 Å². The van der Waals surface area contributed by atoms with Crippen LogP contribution in [0.4, 0.5) is 0 Å². The van der Waals surface area contributed by atoms with Gasteiger partial charge in [0.15, 0.2) is 0 Å². The second kappa shape index (κ2) is 6.13. The van der Waals surface area contributed by atoms with Crippen molar-refractivity contribution in [3.63, 3.8) is 0 Å². The molecule has 0 saturated heterocycles. The molecule has 0 atom stereocenters. The summed E-state index contributed by atoms with van der Waals surface area (Å²) in [5.74, 6) is -0.204. The number of nitrogens with zero attached hydrogens (tertiary/aromatic N) is 2. The molecule has 19 heavy (non-hydrogen) atoms. The van der Waals surface area contributed by atoms with Crippen LogP contribution in [0.25, 0.3) is 0 Å². The lowest BCUT2D eigenvalue weighted by Gasteiger charge is -2.02. The van der Waals surface area contributed by atoms with Crippen molar-refractivity contribution in [2.45, 2.75) is 26.7 Å². The molecule has 0 bridgehead atoms. The number of hydrogen-bond acceptors (Lipinski definition) is 5. The van der Waals surface area contributed by atoms with Crippen molar-refractivity contribution in [3.05, 3.63) is 47.2 Å². The highest BCUT2D eigenvalue weighted by Crippen LogP contribution is 2.11. The molecule has 0 unspecified atom stereocenters. The Hall–Kier alpha value is -2.17. The summed E-state index contributed by atoms with van der Waals surface area (Å²) in [6.07, 6.45) is 1.41. The first-order valence-corrected chi connectivity index (χ1v) is 6.24. The van der Waals surface area contributed by atoms with Gasteiger partial charge in [0.05, 0.1) is 6.61 Å². The first-order valence-electron chi connectivity index (χ1n) is 6.24. The van der Waals surface area contributed by atoms with Crippen molar-refractivity contribution in [2.75, 3.05) is 6.61 Å². The van der Waals surface area contributed by atoms with Crippen LogP contribution in [-0.2, 0) is 17.6 Å². The molecular formula is C14H16N2O3. The fraction of sp³-hybridized carbons (Fsp3) is 0.357. The number of carbonyl (C=O) groups excluding carboxylic acids is 1. The molecule has 0 amide bonds. The van der Waals surface area contributed by atoms with E-state index in [-0.39, 0.29) is 5.89 Å². The molecule has 2 rings (SSSR count). The van der Waals surface area contributed by atoms with Gasteiger partial charge in [-0.3, -0.25) is 0 Å². The molecule has 0 N–H and O–H groups in total. The maximum absolute atomic E-state index is 11.4. The van der Waals surface area contributed by atoms with E-state index in [9.17, 15) is 4.79 Å². The number of benzene rings is 1. The molecule has 5 nitrogen and oxygen atoms in total. The third-order valence-corrected chi connectivity index (χ3v) is 2.79. The summed E-state index contributed by atoms with van der Waals surface area (Å²) in [6, 6.07) is 8.13. The average Bonchev–Trinajstić information content (AvgIpc) is 2.87. The maximum Gasteiger partial charge on any atom is 0.396 e. The first kappa shape index (κ1) is 13.3. The largest absolute Gasteiger partial charge is 0.459 e. The molecular weight excluding hydrogens is 244 g/mol. The van der Waals surface area contributed by atoms with Crippen LogP contribution >= 0.6 is 0 Å². The monoisotopic (exact) mass is 260 g/mol. The van der Waals surface area contributed by atoms with Crippen molar-refractivity contribution in [3.8, 4) is 0 Å². The molecule has 1 heterocycles. The number of aromatic nitrogens is 2. The molecule has 0 fully saturated rings. The molecule has 0 aliphatic rings. The Kier molecular flexibility index (Phi) is 4.28. The van der Waals surface area contributed by atoms with Crippen molar-refractivity contribution in [2.24, 2.45) is 0 Å². The van der Waals surface area contributed by atoms with Crippen molar-refractivity contribution < 1.29 is 13.9 Å². The molecule has 1 aromatic heterocycles. The highest BCUT2D eigenvalue weighted by molar-refractivity contribution is 5.83. The Morgan fingerprint density at radius 1 is 1.26 bits per heavy atom. The molecule has 1 aromatic carbocycles. The molecule has 0 saturated carbocycles. The quantitative estimate of drug-likeness (QED) is 0.772. The summed E-state index contributed by atoms with van der Waals surface area (Å²) in [6.45, 7) is 4.08. The van der Waals surface area contributed by atoms with E-state index in [1.54, 1.807) is 6.92 Å². The minimum atomic E-state index is -0.572. The van der Waals surface area contributed by atoms with Crippen LogP contribution in [0.1, 0.15) is 34.6 Å². The topological polar surface area (TPSA) is 65.2 Å². The predicted molar refractivity (Wildman–Crippen MR) is 68.8 cm³/mol. The molecule has 5 heteroatoms. The third-order valence-electron chi connectivity index (χ3n) is 2.79. The smallest absolute Gasteiger partial charge is 0.396 e. The Labute approximate surface area is 111 Å². The lowest BCUT2D eigenvalue weighted by Crippen LogP contribution is -2.04. The van der Waals surface area contributed by atoms with Crippen LogP contribution in [0.3, 0.4) is 0 Å². The summed E-state index contributed by atoms with van der Waals surface area (Å²) in [5, 5.41) is 7.52. The number of aryl methyl sites for hydroxylation is 3. The van der Waals surface area contributed by atoms with Gasteiger partial charge in [0.1, 0.15) is 0 Å². The molecule has 0 aliphatic carbocycles. The van der Waals surface area contributed by atoms with Crippen molar-refractivity contribution in [1.82, 2.24) is 10.2 Å². The van der Waals surface area contributed by atoms with Gasteiger partial charge in [-0.15, -0.1) is 10.2 Å². The van der Waals surface area contributed by atoms with Crippen LogP contribution in [0.5, 0.6) is 0 Å². The highest BCUT2D eigenvalue weighted by Gasteiger charge is 2.15. The number of esters is 1. The first-order chi connectivity index (χ1) is 9.20. The Bertz CT molecular complexity index is 563. The second-order valence-corrected chi connectivity index (χ2v) is 4.15. The summed E-state index contributed by atoms with van der Waals surface area (Å²) >= 11 is 0. The summed E-state index contributed by atoms with van der Waals surface area (Å²) < 4.78 is 10.1. The standard InChI is InChI=1S/C14H16N2O3/c1-3-18-14(17)13-16-15-12(19-13)9-8-11-7-5-4-6-10(11)2/h4-7H,3,8-9H2,1-2H3. The van der Waals surface area contributed by atoms with Crippen LogP contribution in [0.15, 0.2) is 28.7 Å². The van der Waals surface area contributed by atoms with E-state index in [0.717, 1.165) is 6.42 Å². The van der Waals surface area contributed by atoms with E-state index >= 15 is 0 Å². The SMILES string of the molecule is CCOC(=O)c1nnc(CCc2ccccc2C)o1. The highest BCUT2D eigenvalue weighted by atomic mass is 16.5. The molecule has 0 spiro atoms. The average molecular weight is 260 g/mol. The summed E-state index contributed by atoms with van der Waals surface area (Å²) in [7, 11) is 0. The van der Waals surface area contributed by atoms with E-state index < -0.39 is 5.97 Å². The fourth-order valence-corrected chi connectivity index (χ4v) is 1.76. The molecule has 2 aromatic rings. The maximum atomic E-state index is 11.4. The van der Waals surface area contributed by atoms with Crippen LogP contribution < -0.4 is 0 Å². The molecule has 0 aliphatic heterocycles. The van der Waals surface area contributed by atoms with Gasteiger partial charge < -0.3 is 9.15 Å². The summed E-state index contributed by atoms with van der Waals surface area (Å²) in [5.41, 5.74) is 2.46. The number of carbonyl (C=O) groups is 1. The minimum absolute atomic E-state index is 0.0818. The van der Waals surface area contributed by atoms with Crippen LogP contribution in [0, 0.1) is 6.92 Å². The lowest BCUT2D eigenvalue weighted by molar-refractivity contribution is 0.0478. The van der Waals surface area contributed by atoms with E-state index in [1.807, 2.05) is 12.1 Å². The minimum Gasteiger partial charge on any atom is -0.459 e. The number of hydrogen-bond donors (Lipinski definition) is 0. The second-order valence-electron chi connectivity index (χ2n) is 4.15. The normalized spacial score (nSPS) is 10.4. The predicted octanol–water partition coefficient (Wildman–Crippen LogP) is 2.34. The zero-order valence-corrected chi connectivity index (χ0v) is 11.0. The van der Waals surface area contributed by atoms with E-state index in [1.165, 1.54) is 11.1 Å². The summed E-state index contributed by atoms with van der Waals surface area (Å²) in [4.78, 5) is 11.4. The van der Waals surface area contributed by atoms with Gasteiger partial charge in [0, 0.05) is 6.42 Å². The van der Waals surface area contributed by atoms with Gasteiger partial charge in [-0.2, -0.15) is 0 Å². The van der Waals surface area contributed by atoms with E-state index in [4.69, 9.17) is 9.15 Å². The molecule has 0 radical (unpaired) electrons. The van der Waals surface area contributed by atoms with Crippen LogP contribution in [-0.4, -0.2) is 22.8 Å². The van der Waals surface area contributed by atoms with Gasteiger partial charge in [0.25, 0.3) is 0 Å². The number of ether oxygens (including phenoxy) is 1. The Morgan fingerprint density at radius 2 is 2.05 bits per heavy atom. The zero-order chi connectivity index (χ0) is 13.7. The third kappa shape index (κ3) is 3.40. The lowest BCUT2D eigenvalue weighted by atomic mass is 10.0. The number of rotatable bonds is 5. The van der Waals surface area contributed by atoms with E-state index in [0.29, 0.717) is 18.9 Å². The van der Waals surface area contributed by atoms with Crippen molar-refractivity contribution >= 4 is 5.97 Å². The van der Waals surface area contributed by atoms with Gasteiger partial charge in [0.2, 0.25) is 5.89 Å². The van der Waals surface area contributed by atoms with Gasteiger partial charge in [-0.05, 0) is 31.4 Å². The zero-order valence-electron chi connectivity index (χ0n) is 11.0. The Balaban J connectivity index is 1.97. The molecule has 100 valence electrons. The van der Waals surface area contributed by atoms with Gasteiger partial charge >= 0.3 is 11.9 Å². The van der Waals surface area contributed by atoms with Crippen molar-refractivity contribution in [1.29, 1.82) is 0 Å². The Morgan fingerprint density at radius 3 is 2.79 bits per heavy atom. The van der Waals surface area contributed by atoms with Crippen LogP contribution in [0.2, 0.25) is 0 Å². The van der Waals surface area contributed by atoms with Gasteiger partial charge in [-0.1, -0.05) is 24.3 Å².